The molecule has 0 aliphatic rings. The molecule has 11 N–H and O–H groups in total. The standard InChI is InChI=1S/C25H32N6O10/c26-14(5-7-19(27)32)22(37)30-18(10-21(35)36)24(39)31-17(9-12-11-28-15-4-2-1-3-13(12)15)23(38)29-16(25(40)41)6-8-20(33)34/h1-4,11,14,16-18,28H,5-10,26H2,(H2,27,32)(H,29,38)(H,30,37)(H,31,39)(H,33,34)(H,35,36)(H,40,41). The number of hydrogen-bond donors (Lipinski definition) is 9. The van der Waals surface area contributed by atoms with Crippen molar-refractivity contribution in [3.05, 3.63) is 36.0 Å². The minimum atomic E-state index is -1.69. The van der Waals surface area contributed by atoms with Crippen molar-refractivity contribution in [3.8, 4) is 0 Å². The molecular formula is C25H32N6O10. The number of carboxylic acid groups (broad SMARTS) is 3. The molecule has 16 nitrogen and oxygen atoms in total. The maximum absolute atomic E-state index is 13.2. The number of carboxylic acids is 3. The third-order valence-electron chi connectivity index (χ3n) is 6.04. The molecule has 0 radical (unpaired) electrons. The lowest BCUT2D eigenvalue weighted by Crippen LogP contribution is -2.58. The largest absolute Gasteiger partial charge is 0.481 e. The number of carbonyl (C=O) groups is 7. The molecule has 4 atom stereocenters. The van der Waals surface area contributed by atoms with Gasteiger partial charge in [-0.2, -0.15) is 0 Å². The molecule has 0 aliphatic carbocycles. The van der Waals surface area contributed by atoms with E-state index in [1.807, 2.05) is 0 Å². The number of aromatic amines is 1. The van der Waals surface area contributed by atoms with Crippen molar-refractivity contribution in [2.75, 3.05) is 0 Å². The molecule has 0 saturated carbocycles. The van der Waals surface area contributed by atoms with E-state index in [2.05, 4.69) is 20.9 Å². The Morgan fingerprint density at radius 3 is 2.00 bits per heavy atom. The van der Waals surface area contributed by atoms with Gasteiger partial charge in [0, 0.05) is 36.4 Å². The highest BCUT2D eigenvalue weighted by Crippen LogP contribution is 2.19. The van der Waals surface area contributed by atoms with Crippen LogP contribution in [0.2, 0.25) is 0 Å². The second-order valence-electron chi connectivity index (χ2n) is 9.23. The average molecular weight is 577 g/mol. The van der Waals surface area contributed by atoms with Crippen LogP contribution in [0.15, 0.2) is 30.5 Å². The summed E-state index contributed by atoms with van der Waals surface area (Å²) in [4.78, 5) is 86.8. The predicted octanol–water partition coefficient (Wildman–Crippen LogP) is -1.82. The minimum absolute atomic E-state index is 0.166. The van der Waals surface area contributed by atoms with Gasteiger partial charge in [0.1, 0.15) is 18.1 Å². The van der Waals surface area contributed by atoms with Crippen molar-refractivity contribution in [3.63, 3.8) is 0 Å². The van der Waals surface area contributed by atoms with E-state index in [0.29, 0.717) is 16.5 Å². The number of amides is 4. The first-order valence-corrected chi connectivity index (χ1v) is 12.4. The summed E-state index contributed by atoms with van der Waals surface area (Å²) in [6.07, 6.45) is -0.892. The number of hydrogen-bond acceptors (Lipinski definition) is 8. The van der Waals surface area contributed by atoms with Crippen LogP contribution in [0, 0.1) is 0 Å². The number of primary amides is 1. The Morgan fingerprint density at radius 1 is 0.780 bits per heavy atom. The molecule has 0 fully saturated rings. The lowest BCUT2D eigenvalue weighted by Gasteiger charge is -2.24. The van der Waals surface area contributed by atoms with Crippen LogP contribution in [-0.2, 0) is 40.0 Å². The summed E-state index contributed by atoms with van der Waals surface area (Å²) in [5.41, 5.74) is 12.0. The van der Waals surface area contributed by atoms with Crippen molar-refractivity contribution in [1.82, 2.24) is 20.9 Å². The fourth-order valence-corrected chi connectivity index (χ4v) is 3.89. The molecule has 2 rings (SSSR count). The van der Waals surface area contributed by atoms with E-state index in [9.17, 15) is 43.8 Å². The van der Waals surface area contributed by atoms with Crippen molar-refractivity contribution in [1.29, 1.82) is 0 Å². The fourth-order valence-electron chi connectivity index (χ4n) is 3.89. The molecule has 222 valence electrons. The van der Waals surface area contributed by atoms with Crippen molar-refractivity contribution in [2.45, 2.75) is 62.7 Å². The summed E-state index contributed by atoms with van der Waals surface area (Å²) in [6, 6.07) is 0.956. The number of fused-ring (bicyclic) bond motifs is 1. The van der Waals surface area contributed by atoms with Gasteiger partial charge in [0.05, 0.1) is 12.5 Å². The summed E-state index contributed by atoms with van der Waals surface area (Å²) in [6.45, 7) is 0. The van der Waals surface area contributed by atoms with E-state index in [4.69, 9.17) is 16.6 Å². The lowest BCUT2D eigenvalue weighted by atomic mass is 10.0. The van der Waals surface area contributed by atoms with Gasteiger partial charge in [-0.15, -0.1) is 0 Å². The number of rotatable bonds is 17. The Hall–Kier alpha value is -4.99. The molecule has 1 aromatic carbocycles. The monoisotopic (exact) mass is 576 g/mol. The van der Waals surface area contributed by atoms with Gasteiger partial charge in [-0.05, 0) is 24.5 Å². The number of aliphatic carboxylic acids is 3. The zero-order valence-electron chi connectivity index (χ0n) is 21.8. The summed E-state index contributed by atoms with van der Waals surface area (Å²) >= 11 is 0. The van der Waals surface area contributed by atoms with Gasteiger partial charge in [-0.3, -0.25) is 28.8 Å². The number of para-hydroxylation sites is 1. The number of aromatic nitrogens is 1. The number of benzene rings is 1. The van der Waals surface area contributed by atoms with Gasteiger partial charge < -0.3 is 47.7 Å². The summed E-state index contributed by atoms with van der Waals surface area (Å²) in [5.74, 6) is -7.98. The van der Waals surface area contributed by atoms with Crippen LogP contribution in [0.3, 0.4) is 0 Å². The predicted molar refractivity (Wildman–Crippen MR) is 141 cm³/mol. The second kappa shape index (κ2) is 15.0. The molecule has 2 aromatic rings. The first-order chi connectivity index (χ1) is 19.3. The van der Waals surface area contributed by atoms with Gasteiger partial charge in [0.25, 0.3) is 0 Å². The third kappa shape index (κ3) is 10.2. The molecule has 4 amide bonds. The molecule has 1 aromatic heterocycles. The first kappa shape index (κ1) is 32.2. The van der Waals surface area contributed by atoms with E-state index in [0.717, 1.165) is 0 Å². The van der Waals surface area contributed by atoms with Crippen LogP contribution < -0.4 is 27.4 Å². The SMILES string of the molecule is NC(=O)CCC(N)C(=O)NC(CC(=O)O)C(=O)NC(Cc1c[nH]c2ccccc12)C(=O)NC(CCC(=O)O)C(=O)O. The van der Waals surface area contributed by atoms with E-state index >= 15 is 0 Å². The molecular weight excluding hydrogens is 544 g/mol. The fraction of sp³-hybridized carbons (Fsp3) is 0.400. The van der Waals surface area contributed by atoms with Crippen LogP contribution in [0.4, 0.5) is 0 Å². The number of carbonyl (C=O) groups excluding carboxylic acids is 4. The molecule has 0 bridgehead atoms. The minimum Gasteiger partial charge on any atom is -0.481 e. The van der Waals surface area contributed by atoms with Crippen LogP contribution in [0.5, 0.6) is 0 Å². The second-order valence-corrected chi connectivity index (χ2v) is 9.23. The van der Waals surface area contributed by atoms with Crippen LogP contribution in [0.1, 0.15) is 37.7 Å². The zero-order valence-corrected chi connectivity index (χ0v) is 21.8. The normalized spacial score (nSPS) is 13.8. The van der Waals surface area contributed by atoms with Crippen molar-refractivity contribution in [2.24, 2.45) is 11.5 Å². The van der Waals surface area contributed by atoms with E-state index in [-0.39, 0.29) is 19.3 Å². The molecule has 0 aliphatic heterocycles. The lowest BCUT2D eigenvalue weighted by molar-refractivity contribution is -0.144. The summed E-state index contributed by atoms with van der Waals surface area (Å²) < 4.78 is 0. The Morgan fingerprint density at radius 2 is 1.39 bits per heavy atom. The zero-order chi connectivity index (χ0) is 30.7. The van der Waals surface area contributed by atoms with Crippen molar-refractivity contribution >= 4 is 52.4 Å². The quantitative estimate of drug-likeness (QED) is 0.101. The van der Waals surface area contributed by atoms with Gasteiger partial charge in [0.15, 0.2) is 0 Å². The Balaban J connectivity index is 2.31. The Labute approximate surface area is 232 Å². The van der Waals surface area contributed by atoms with Crippen LogP contribution >= 0.6 is 0 Å². The first-order valence-electron chi connectivity index (χ1n) is 12.4. The highest BCUT2D eigenvalue weighted by molar-refractivity contribution is 5.96. The van der Waals surface area contributed by atoms with E-state index in [1.165, 1.54) is 0 Å². The molecule has 0 spiro atoms. The Bertz CT molecular complexity index is 1310. The van der Waals surface area contributed by atoms with E-state index in [1.54, 1.807) is 30.5 Å². The number of H-pyrrole nitrogens is 1. The maximum Gasteiger partial charge on any atom is 0.326 e. The van der Waals surface area contributed by atoms with E-state index < -0.39 is 85.0 Å². The summed E-state index contributed by atoms with van der Waals surface area (Å²) in [5, 5.41) is 35.1. The van der Waals surface area contributed by atoms with Crippen LogP contribution in [0.25, 0.3) is 10.9 Å². The topological polar surface area (TPSA) is 284 Å². The molecule has 1 heterocycles. The molecule has 16 heteroatoms. The molecule has 4 unspecified atom stereocenters. The van der Waals surface area contributed by atoms with Crippen molar-refractivity contribution < 1.29 is 48.9 Å². The van der Waals surface area contributed by atoms with Gasteiger partial charge in [-0.25, -0.2) is 4.79 Å². The molecule has 0 saturated heterocycles. The smallest absolute Gasteiger partial charge is 0.326 e. The number of nitrogens with two attached hydrogens (primary N) is 2. The highest BCUT2D eigenvalue weighted by atomic mass is 16.4. The van der Waals surface area contributed by atoms with Gasteiger partial charge >= 0.3 is 17.9 Å². The van der Waals surface area contributed by atoms with Gasteiger partial charge in [-0.1, -0.05) is 18.2 Å². The summed E-state index contributed by atoms with van der Waals surface area (Å²) in [7, 11) is 0. The van der Waals surface area contributed by atoms with Crippen LogP contribution in [-0.4, -0.2) is 86.0 Å². The third-order valence-corrected chi connectivity index (χ3v) is 6.04. The van der Waals surface area contributed by atoms with Gasteiger partial charge in [0.2, 0.25) is 23.6 Å². The molecule has 41 heavy (non-hydrogen) atoms. The Kier molecular flexibility index (Phi) is 11.8. The number of nitrogens with one attached hydrogen (secondary N) is 4. The maximum atomic E-state index is 13.2. The highest BCUT2D eigenvalue weighted by Gasteiger charge is 2.32. The average Bonchev–Trinajstić information content (AvgIpc) is 3.30.